The number of anilines is 1. The number of aromatic nitrogens is 1. The Balaban J connectivity index is 1.73. The number of thiazole rings is 1. The Morgan fingerprint density at radius 3 is 2.50 bits per heavy atom. The van der Waals surface area contributed by atoms with E-state index in [9.17, 15) is 4.79 Å². The van der Waals surface area contributed by atoms with Gasteiger partial charge in [0.1, 0.15) is 11.5 Å². The van der Waals surface area contributed by atoms with E-state index >= 15 is 0 Å². The van der Waals surface area contributed by atoms with Crippen LogP contribution in [-0.4, -0.2) is 24.1 Å². The molecule has 1 aromatic heterocycles. The van der Waals surface area contributed by atoms with Gasteiger partial charge in [-0.1, -0.05) is 12.1 Å². The highest BCUT2D eigenvalue weighted by molar-refractivity contribution is 7.14. The molecular weight excluding hydrogens is 348 g/mol. The Morgan fingerprint density at radius 1 is 1.04 bits per heavy atom. The van der Waals surface area contributed by atoms with Crippen molar-refractivity contribution in [3.05, 3.63) is 59.5 Å². The number of carbonyl (C=O) groups is 1. The van der Waals surface area contributed by atoms with Gasteiger partial charge in [-0.15, -0.1) is 11.3 Å². The quantitative estimate of drug-likeness (QED) is 0.647. The third kappa shape index (κ3) is 4.21. The second-order valence-corrected chi connectivity index (χ2v) is 6.24. The van der Waals surface area contributed by atoms with E-state index in [0.717, 1.165) is 17.0 Å². The summed E-state index contributed by atoms with van der Waals surface area (Å²) in [5.74, 6) is 1.16. The highest BCUT2D eigenvalue weighted by Gasteiger charge is 2.14. The van der Waals surface area contributed by atoms with Crippen LogP contribution in [0.15, 0.2) is 53.9 Å². The molecule has 0 atom stereocenters. The number of hydrogen-bond donors (Lipinski definition) is 1. The normalized spacial score (nSPS) is 10.4. The van der Waals surface area contributed by atoms with Crippen molar-refractivity contribution in [3.8, 4) is 22.8 Å². The lowest BCUT2D eigenvalue weighted by molar-refractivity contribution is 0.102. The number of para-hydroxylation sites is 1. The van der Waals surface area contributed by atoms with Crippen molar-refractivity contribution in [1.82, 2.24) is 4.98 Å². The van der Waals surface area contributed by atoms with Gasteiger partial charge in [-0.2, -0.15) is 0 Å². The van der Waals surface area contributed by atoms with Crippen molar-refractivity contribution in [1.29, 1.82) is 0 Å². The Hall–Kier alpha value is -2.86. The Kier molecular flexibility index (Phi) is 5.86. The predicted molar refractivity (Wildman–Crippen MR) is 104 cm³/mol. The Morgan fingerprint density at radius 2 is 1.77 bits per heavy atom. The fraction of sp³-hybridized carbons (Fsp3) is 0.200. The molecular formula is C20H20N2O3S. The van der Waals surface area contributed by atoms with Crippen LogP contribution in [0.1, 0.15) is 24.2 Å². The molecule has 0 spiro atoms. The van der Waals surface area contributed by atoms with Crippen molar-refractivity contribution in [2.45, 2.75) is 13.8 Å². The third-order valence-corrected chi connectivity index (χ3v) is 4.37. The van der Waals surface area contributed by atoms with Crippen molar-refractivity contribution >= 4 is 22.4 Å². The van der Waals surface area contributed by atoms with Gasteiger partial charge in [-0.3, -0.25) is 10.1 Å². The second-order valence-electron chi connectivity index (χ2n) is 5.38. The lowest BCUT2D eigenvalue weighted by atomic mass is 10.2. The molecule has 0 saturated carbocycles. The zero-order valence-electron chi connectivity index (χ0n) is 14.7. The molecule has 6 heteroatoms. The van der Waals surface area contributed by atoms with E-state index in [-0.39, 0.29) is 5.91 Å². The molecule has 26 heavy (non-hydrogen) atoms. The van der Waals surface area contributed by atoms with Crippen molar-refractivity contribution in [2.75, 3.05) is 18.5 Å². The molecule has 2 aromatic carbocycles. The molecule has 1 heterocycles. The van der Waals surface area contributed by atoms with Crippen LogP contribution in [0.25, 0.3) is 11.3 Å². The first-order chi connectivity index (χ1) is 12.7. The molecule has 1 N–H and O–H groups in total. The van der Waals surface area contributed by atoms with Gasteiger partial charge >= 0.3 is 0 Å². The molecule has 0 aliphatic carbocycles. The molecule has 0 bridgehead atoms. The topological polar surface area (TPSA) is 60.5 Å². The summed E-state index contributed by atoms with van der Waals surface area (Å²) in [5.41, 5.74) is 2.28. The molecule has 0 aliphatic rings. The number of nitrogens with zero attached hydrogens (tertiary/aromatic N) is 1. The SMILES string of the molecule is CCOc1ccc(-c2csc(NC(=O)c3ccccc3OCC)n2)cc1. The maximum Gasteiger partial charge on any atom is 0.261 e. The molecule has 5 nitrogen and oxygen atoms in total. The molecule has 134 valence electrons. The maximum absolute atomic E-state index is 12.5. The maximum atomic E-state index is 12.5. The largest absolute Gasteiger partial charge is 0.494 e. The fourth-order valence-corrected chi connectivity index (χ4v) is 3.17. The lowest BCUT2D eigenvalue weighted by Gasteiger charge is -2.08. The van der Waals surface area contributed by atoms with Crippen molar-refractivity contribution in [3.63, 3.8) is 0 Å². The number of carbonyl (C=O) groups excluding carboxylic acids is 1. The zero-order valence-corrected chi connectivity index (χ0v) is 15.5. The smallest absolute Gasteiger partial charge is 0.261 e. The van der Waals surface area contributed by atoms with Gasteiger partial charge in [-0.25, -0.2) is 4.98 Å². The van der Waals surface area contributed by atoms with E-state index in [2.05, 4.69) is 10.3 Å². The van der Waals surface area contributed by atoms with Gasteiger partial charge < -0.3 is 9.47 Å². The summed E-state index contributed by atoms with van der Waals surface area (Å²) in [6.07, 6.45) is 0. The molecule has 3 rings (SSSR count). The van der Waals surface area contributed by atoms with Crippen LogP contribution in [0.4, 0.5) is 5.13 Å². The number of rotatable bonds is 7. The molecule has 0 fully saturated rings. The first-order valence-corrected chi connectivity index (χ1v) is 9.31. The summed E-state index contributed by atoms with van der Waals surface area (Å²) < 4.78 is 11.0. The minimum Gasteiger partial charge on any atom is -0.494 e. The molecule has 0 unspecified atom stereocenters. The minimum atomic E-state index is -0.235. The van der Waals surface area contributed by atoms with E-state index in [4.69, 9.17) is 9.47 Å². The number of hydrogen-bond acceptors (Lipinski definition) is 5. The zero-order chi connectivity index (χ0) is 18.4. The van der Waals surface area contributed by atoms with Gasteiger partial charge in [0.05, 0.1) is 24.5 Å². The van der Waals surface area contributed by atoms with Gasteiger partial charge in [-0.05, 0) is 50.2 Å². The van der Waals surface area contributed by atoms with Crippen LogP contribution in [0.5, 0.6) is 11.5 Å². The van der Waals surface area contributed by atoms with Crippen LogP contribution in [-0.2, 0) is 0 Å². The summed E-state index contributed by atoms with van der Waals surface area (Å²) >= 11 is 1.39. The molecule has 3 aromatic rings. The van der Waals surface area contributed by atoms with Crippen LogP contribution < -0.4 is 14.8 Å². The average molecular weight is 368 g/mol. The molecule has 0 aliphatic heterocycles. The summed E-state index contributed by atoms with van der Waals surface area (Å²) in [7, 11) is 0. The van der Waals surface area contributed by atoms with E-state index in [1.165, 1.54) is 11.3 Å². The number of ether oxygens (including phenoxy) is 2. The molecule has 0 saturated heterocycles. The average Bonchev–Trinajstić information content (AvgIpc) is 3.12. The summed E-state index contributed by atoms with van der Waals surface area (Å²) in [6, 6.07) is 14.9. The Labute approximate surface area is 156 Å². The van der Waals surface area contributed by atoms with Crippen molar-refractivity contribution < 1.29 is 14.3 Å². The van der Waals surface area contributed by atoms with Crippen LogP contribution in [0, 0.1) is 0 Å². The highest BCUT2D eigenvalue weighted by atomic mass is 32.1. The highest BCUT2D eigenvalue weighted by Crippen LogP contribution is 2.27. The van der Waals surface area contributed by atoms with Gasteiger partial charge in [0.25, 0.3) is 5.91 Å². The van der Waals surface area contributed by atoms with Crippen molar-refractivity contribution in [2.24, 2.45) is 0 Å². The summed E-state index contributed by atoms with van der Waals surface area (Å²) in [6.45, 7) is 4.98. The third-order valence-electron chi connectivity index (χ3n) is 3.62. The van der Waals surface area contributed by atoms with E-state index in [1.54, 1.807) is 12.1 Å². The monoisotopic (exact) mass is 368 g/mol. The number of nitrogens with one attached hydrogen (secondary N) is 1. The van der Waals surface area contributed by atoms with Gasteiger partial charge in [0.15, 0.2) is 5.13 Å². The fourth-order valence-electron chi connectivity index (χ4n) is 2.45. The van der Waals surface area contributed by atoms with E-state index in [1.807, 2.05) is 55.6 Å². The van der Waals surface area contributed by atoms with Gasteiger partial charge in [0.2, 0.25) is 0 Å². The molecule has 0 radical (unpaired) electrons. The van der Waals surface area contributed by atoms with Crippen LogP contribution in [0.2, 0.25) is 0 Å². The van der Waals surface area contributed by atoms with Gasteiger partial charge in [0, 0.05) is 10.9 Å². The standard InChI is InChI=1S/C20H20N2O3S/c1-3-24-15-11-9-14(10-12-15)17-13-26-20(21-17)22-19(23)16-7-5-6-8-18(16)25-4-2/h5-13H,3-4H2,1-2H3,(H,21,22,23). The van der Waals surface area contributed by atoms with E-state index < -0.39 is 0 Å². The van der Waals surface area contributed by atoms with E-state index in [0.29, 0.717) is 29.7 Å². The van der Waals surface area contributed by atoms with Crippen LogP contribution >= 0.6 is 11.3 Å². The van der Waals surface area contributed by atoms with Crippen LogP contribution in [0.3, 0.4) is 0 Å². The Bertz CT molecular complexity index is 875. The minimum absolute atomic E-state index is 0.235. The number of amides is 1. The summed E-state index contributed by atoms with van der Waals surface area (Å²) in [4.78, 5) is 17.0. The first kappa shape index (κ1) is 17.9. The second kappa shape index (κ2) is 8.49. The number of benzene rings is 2. The summed E-state index contributed by atoms with van der Waals surface area (Å²) in [5, 5.41) is 5.31. The first-order valence-electron chi connectivity index (χ1n) is 8.43. The predicted octanol–water partition coefficient (Wildman–Crippen LogP) is 4.86. The molecule has 1 amide bonds. The lowest BCUT2D eigenvalue weighted by Crippen LogP contribution is -2.13.